The van der Waals surface area contributed by atoms with Gasteiger partial charge in [0.2, 0.25) is 0 Å². The third kappa shape index (κ3) is 4.32. The number of aromatic nitrogens is 1. The topological polar surface area (TPSA) is 67.9 Å². The van der Waals surface area contributed by atoms with Gasteiger partial charge in [-0.2, -0.15) is 0 Å². The van der Waals surface area contributed by atoms with Crippen molar-refractivity contribution in [2.24, 2.45) is 0 Å². The molecule has 0 bridgehead atoms. The Morgan fingerprint density at radius 3 is 2.41 bits per heavy atom. The predicted octanol–water partition coefficient (Wildman–Crippen LogP) is 4.27. The van der Waals surface area contributed by atoms with E-state index in [1.54, 1.807) is 54.1 Å². The van der Waals surface area contributed by atoms with E-state index in [2.05, 4.69) is 15.9 Å². The Morgan fingerprint density at radius 1 is 0.971 bits per heavy atom. The van der Waals surface area contributed by atoms with E-state index >= 15 is 0 Å². The number of rotatable bonds is 6. The second-order valence-electron chi connectivity index (χ2n) is 8.23. The molecule has 5 rings (SSSR count). The van der Waals surface area contributed by atoms with Crippen LogP contribution in [-0.4, -0.2) is 48.5 Å². The van der Waals surface area contributed by atoms with Gasteiger partial charge in [0.15, 0.2) is 11.4 Å². The van der Waals surface area contributed by atoms with E-state index in [-0.39, 0.29) is 5.78 Å². The van der Waals surface area contributed by atoms with Crippen LogP contribution in [-0.2, 0) is 6.67 Å². The predicted molar refractivity (Wildman–Crippen MR) is 132 cm³/mol. The monoisotopic (exact) mass is 477 g/mol. The van der Waals surface area contributed by atoms with Crippen molar-refractivity contribution < 1.29 is 13.9 Å². The lowest BCUT2D eigenvalue weighted by atomic mass is 10.0. The van der Waals surface area contributed by atoms with Crippen molar-refractivity contribution >= 4 is 34.2 Å². The van der Waals surface area contributed by atoms with Gasteiger partial charge in [-0.3, -0.25) is 14.3 Å². The fraction of sp³-hybridized carbons (Fsp3) is 0.231. The maximum absolute atomic E-state index is 12.9. The van der Waals surface area contributed by atoms with E-state index in [1.165, 1.54) is 0 Å². The molecule has 0 unspecified atom stereocenters. The van der Waals surface area contributed by atoms with Gasteiger partial charge in [0.25, 0.3) is 0 Å². The Kier molecular flexibility index (Phi) is 6.13. The summed E-state index contributed by atoms with van der Waals surface area (Å²) in [6.07, 6.45) is 0. The summed E-state index contributed by atoms with van der Waals surface area (Å²) in [4.78, 5) is 30.0. The lowest BCUT2D eigenvalue weighted by Gasteiger charge is -2.36. The number of benzene rings is 3. The van der Waals surface area contributed by atoms with E-state index in [4.69, 9.17) is 20.8 Å². The second-order valence-corrected chi connectivity index (χ2v) is 8.67. The molecule has 0 atom stereocenters. The number of fused-ring (bicyclic) bond motifs is 1. The minimum absolute atomic E-state index is 0.135. The van der Waals surface area contributed by atoms with Gasteiger partial charge in [-0.15, -0.1) is 0 Å². The Morgan fingerprint density at radius 2 is 1.68 bits per heavy atom. The first kappa shape index (κ1) is 22.3. The number of anilines is 1. The van der Waals surface area contributed by atoms with Crippen molar-refractivity contribution in [3.05, 3.63) is 93.4 Å². The van der Waals surface area contributed by atoms with Crippen molar-refractivity contribution in [2.75, 3.05) is 38.2 Å². The molecule has 174 valence electrons. The van der Waals surface area contributed by atoms with E-state index in [0.717, 1.165) is 37.6 Å². The smallest absolute Gasteiger partial charge is 0.421 e. The molecule has 4 aromatic rings. The number of oxazole rings is 1. The highest BCUT2D eigenvalue weighted by atomic mass is 35.5. The number of hydrogen-bond acceptors (Lipinski definition) is 6. The zero-order valence-electron chi connectivity index (χ0n) is 18.7. The number of carbonyl (C=O) groups is 1. The summed E-state index contributed by atoms with van der Waals surface area (Å²) in [5, 5.41) is 0.571. The van der Waals surface area contributed by atoms with Crippen LogP contribution in [0.1, 0.15) is 15.9 Å². The van der Waals surface area contributed by atoms with Crippen molar-refractivity contribution in [1.82, 2.24) is 9.47 Å². The fourth-order valence-corrected chi connectivity index (χ4v) is 4.45. The summed E-state index contributed by atoms with van der Waals surface area (Å²) >= 11 is 5.94. The minimum Gasteiger partial charge on any atom is -0.495 e. The van der Waals surface area contributed by atoms with Gasteiger partial charge in [-0.25, -0.2) is 4.79 Å². The molecule has 0 N–H and O–H groups in total. The van der Waals surface area contributed by atoms with Crippen LogP contribution in [0.2, 0.25) is 5.02 Å². The van der Waals surface area contributed by atoms with Crippen molar-refractivity contribution in [2.45, 2.75) is 6.67 Å². The zero-order chi connectivity index (χ0) is 23.7. The van der Waals surface area contributed by atoms with Gasteiger partial charge >= 0.3 is 5.76 Å². The number of ketones is 1. The van der Waals surface area contributed by atoms with Gasteiger partial charge < -0.3 is 14.1 Å². The molecule has 0 aliphatic carbocycles. The second kappa shape index (κ2) is 9.37. The molecule has 1 fully saturated rings. The first-order valence-corrected chi connectivity index (χ1v) is 11.5. The number of methoxy groups -OCH3 is 1. The Bertz CT molecular complexity index is 1390. The number of ether oxygens (including phenoxy) is 1. The molecule has 7 nitrogen and oxygen atoms in total. The largest absolute Gasteiger partial charge is 0.495 e. The highest BCUT2D eigenvalue weighted by molar-refractivity contribution is 6.30. The molecule has 1 aliphatic heterocycles. The first-order chi connectivity index (χ1) is 16.5. The summed E-state index contributed by atoms with van der Waals surface area (Å²) in [7, 11) is 1.68. The maximum atomic E-state index is 12.9. The van der Waals surface area contributed by atoms with E-state index in [0.29, 0.717) is 33.9 Å². The van der Waals surface area contributed by atoms with Crippen molar-refractivity contribution in [3.63, 3.8) is 0 Å². The van der Waals surface area contributed by atoms with E-state index < -0.39 is 5.76 Å². The molecular weight excluding hydrogens is 454 g/mol. The molecular formula is C26H24ClN3O4. The average Bonchev–Trinajstić information content (AvgIpc) is 3.18. The number of nitrogens with zero attached hydrogens (tertiary/aromatic N) is 3. The van der Waals surface area contributed by atoms with Gasteiger partial charge in [0, 0.05) is 42.3 Å². The number of para-hydroxylation sites is 2. The Balaban J connectivity index is 1.34. The minimum atomic E-state index is -0.432. The average molecular weight is 478 g/mol. The molecule has 0 saturated carbocycles. The molecule has 3 aromatic carbocycles. The number of hydrogen-bond donors (Lipinski definition) is 0. The SMILES string of the molecule is COc1ccccc1N1CCN(Cn2c(=O)oc3ccc(C(=O)c4ccc(Cl)cc4)cc32)CC1. The van der Waals surface area contributed by atoms with Crippen molar-refractivity contribution in [3.8, 4) is 5.75 Å². The molecule has 8 heteroatoms. The zero-order valence-corrected chi connectivity index (χ0v) is 19.5. The molecule has 0 radical (unpaired) electrons. The standard InChI is InChI=1S/C26H24ClN3O4/c1-33-23-5-3-2-4-21(23)29-14-12-28(13-15-29)17-30-22-16-19(8-11-24(22)34-26(30)32)25(31)18-6-9-20(27)10-7-18/h2-11,16H,12-15,17H2,1H3. The number of carbonyl (C=O) groups excluding carboxylic acids is 1. The third-order valence-corrected chi connectivity index (χ3v) is 6.43. The molecule has 2 heterocycles. The maximum Gasteiger partial charge on any atom is 0.421 e. The van der Waals surface area contributed by atoms with Crippen LogP contribution in [0, 0.1) is 0 Å². The Hall–Kier alpha value is -3.55. The third-order valence-electron chi connectivity index (χ3n) is 6.18. The molecule has 0 spiro atoms. The first-order valence-electron chi connectivity index (χ1n) is 11.1. The quantitative estimate of drug-likeness (QED) is 0.386. The highest BCUT2D eigenvalue weighted by Gasteiger charge is 2.22. The summed E-state index contributed by atoms with van der Waals surface area (Å²) in [6, 6.07) is 19.8. The number of piperazine rings is 1. The summed E-state index contributed by atoms with van der Waals surface area (Å²) in [5.41, 5.74) is 3.17. The molecule has 34 heavy (non-hydrogen) atoms. The molecule has 1 aliphatic rings. The van der Waals surface area contributed by atoms with Gasteiger partial charge in [-0.1, -0.05) is 23.7 Å². The number of halogens is 1. The van der Waals surface area contributed by atoms with Gasteiger partial charge in [0.05, 0.1) is 25.0 Å². The highest BCUT2D eigenvalue weighted by Crippen LogP contribution is 2.28. The molecule has 1 saturated heterocycles. The van der Waals surface area contributed by atoms with Crippen LogP contribution in [0.3, 0.4) is 0 Å². The van der Waals surface area contributed by atoms with Crippen LogP contribution in [0.4, 0.5) is 5.69 Å². The van der Waals surface area contributed by atoms with Crippen LogP contribution in [0.5, 0.6) is 5.75 Å². The van der Waals surface area contributed by atoms with Crippen LogP contribution >= 0.6 is 11.6 Å². The summed E-state index contributed by atoms with van der Waals surface area (Å²) < 4.78 is 12.5. The van der Waals surface area contributed by atoms with Gasteiger partial charge in [0.1, 0.15) is 5.75 Å². The van der Waals surface area contributed by atoms with E-state index in [9.17, 15) is 9.59 Å². The Labute approximate surface area is 201 Å². The fourth-order valence-electron chi connectivity index (χ4n) is 4.33. The van der Waals surface area contributed by atoms with E-state index in [1.807, 2.05) is 18.2 Å². The molecule has 0 amide bonds. The van der Waals surface area contributed by atoms with Gasteiger partial charge in [-0.05, 0) is 54.6 Å². The molecule has 1 aromatic heterocycles. The lowest BCUT2D eigenvalue weighted by molar-refractivity contribution is 0.103. The summed E-state index contributed by atoms with van der Waals surface area (Å²) in [5.74, 6) is 0.285. The summed E-state index contributed by atoms with van der Waals surface area (Å²) in [6.45, 7) is 3.57. The lowest BCUT2D eigenvalue weighted by Crippen LogP contribution is -2.47. The van der Waals surface area contributed by atoms with Crippen LogP contribution in [0.25, 0.3) is 11.1 Å². The normalized spacial score (nSPS) is 14.5. The van der Waals surface area contributed by atoms with Crippen LogP contribution in [0.15, 0.2) is 75.9 Å². The van der Waals surface area contributed by atoms with Crippen LogP contribution < -0.4 is 15.4 Å². The van der Waals surface area contributed by atoms with Crippen molar-refractivity contribution in [1.29, 1.82) is 0 Å².